The maximum atomic E-state index is 12.4. The Bertz CT molecular complexity index is 1090. The molecule has 0 saturated carbocycles. The fourth-order valence-electron chi connectivity index (χ4n) is 2.89. The molecule has 0 radical (unpaired) electrons. The van der Waals surface area contributed by atoms with Crippen LogP contribution in [0.25, 0.3) is 22.4 Å². The highest BCUT2D eigenvalue weighted by atomic mass is 16.1. The molecule has 4 aromatic heterocycles. The monoisotopic (exact) mass is 370 g/mol. The largest absolute Gasteiger partial charge is 0.297 e. The number of rotatable bonds is 6. The first-order chi connectivity index (χ1) is 13.7. The van der Waals surface area contributed by atoms with E-state index in [1.807, 2.05) is 37.4 Å². The lowest BCUT2D eigenvalue weighted by atomic mass is 10.1. The van der Waals surface area contributed by atoms with Crippen LogP contribution in [0.4, 0.5) is 0 Å². The Balaban J connectivity index is 1.39. The molecule has 7 nitrogen and oxygen atoms in total. The predicted molar refractivity (Wildman–Crippen MR) is 104 cm³/mol. The fourth-order valence-corrected chi connectivity index (χ4v) is 2.89. The fraction of sp³-hybridized carbons (Fsp3) is 0.143. The van der Waals surface area contributed by atoms with E-state index in [1.165, 1.54) is 0 Å². The molecule has 4 heterocycles. The van der Waals surface area contributed by atoms with Crippen LogP contribution < -0.4 is 0 Å². The lowest BCUT2D eigenvalue weighted by Crippen LogP contribution is -2.13. The Hall–Kier alpha value is -3.74. The lowest BCUT2D eigenvalue weighted by Gasteiger charge is -2.03. The molecule has 0 aliphatic heterocycles. The lowest BCUT2D eigenvalue weighted by molar-refractivity contribution is -0.119. The first-order valence-corrected chi connectivity index (χ1v) is 8.86. The molecule has 7 heteroatoms. The van der Waals surface area contributed by atoms with E-state index in [-0.39, 0.29) is 18.7 Å². The average Bonchev–Trinajstić information content (AvgIpc) is 3.17. The van der Waals surface area contributed by atoms with E-state index in [0.717, 1.165) is 33.8 Å². The second-order valence-electron chi connectivity index (χ2n) is 6.46. The summed E-state index contributed by atoms with van der Waals surface area (Å²) < 4.78 is 1.65. The number of pyridine rings is 2. The number of carbonyl (C=O) groups excluding carboxylic acids is 1. The van der Waals surface area contributed by atoms with Crippen LogP contribution in [0.1, 0.15) is 11.4 Å². The molecule has 4 aromatic rings. The molecular weight excluding hydrogens is 352 g/mol. The highest BCUT2D eigenvalue weighted by molar-refractivity contribution is 5.80. The van der Waals surface area contributed by atoms with Crippen molar-refractivity contribution in [3.63, 3.8) is 0 Å². The van der Waals surface area contributed by atoms with Crippen LogP contribution >= 0.6 is 0 Å². The van der Waals surface area contributed by atoms with E-state index in [0.29, 0.717) is 0 Å². The van der Waals surface area contributed by atoms with Gasteiger partial charge in [0, 0.05) is 53.5 Å². The van der Waals surface area contributed by atoms with Crippen molar-refractivity contribution in [1.82, 2.24) is 29.7 Å². The Morgan fingerprint density at radius 1 is 0.929 bits per heavy atom. The normalized spacial score (nSPS) is 10.8. The van der Waals surface area contributed by atoms with Crippen LogP contribution in [0.5, 0.6) is 0 Å². The molecule has 0 aliphatic rings. The summed E-state index contributed by atoms with van der Waals surface area (Å²) in [5.41, 5.74) is 5.28. The Labute approximate surface area is 162 Å². The zero-order valence-electron chi connectivity index (χ0n) is 15.4. The van der Waals surface area contributed by atoms with Gasteiger partial charge in [-0.1, -0.05) is 0 Å². The quantitative estimate of drug-likeness (QED) is 0.519. The van der Waals surface area contributed by atoms with Crippen molar-refractivity contribution in [2.24, 2.45) is 0 Å². The summed E-state index contributed by atoms with van der Waals surface area (Å²) in [4.78, 5) is 29.3. The van der Waals surface area contributed by atoms with E-state index in [9.17, 15) is 4.79 Å². The molecular formula is C21H18N6O. The second kappa shape index (κ2) is 7.87. The number of Topliss-reactive ketones (excluding diaryl/α,β-unsaturated/α-hetero) is 1. The van der Waals surface area contributed by atoms with Gasteiger partial charge in [-0.15, -0.1) is 0 Å². The van der Waals surface area contributed by atoms with Gasteiger partial charge in [0.05, 0.1) is 31.1 Å². The van der Waals surface area contributed by atoms with Gasteiger partial charge >= 0.3 is 0 Å². The van der Waals surface area contributed by atoms with Crippen molar-refractivity contribution < 1.29 is 4.79 Å². The van der Waals surface area contributed by atoms with Gasteiger partial charge in [-0.05, 0) is 36.8 Å². The summed E-state index contributed by atoms with van der Waals surface area (Å²) in [7, 11) is 0. The number of ketones is 1. The minimum absolute atomic E-state index is 0.0420. The van der Waals surface area contributed by atoms with Gasteiger partial charge in [0.15, 0.2) is 5.78 Å². The summed E-state index contributed by atoms with van der Waals surface area (Å²) in [6.45, 7) is 2.15. The standard InChI is InChI=1S/C21H18N6O/c1-15-8-16(4-5-23-15)18-11-26-27(13-18)14-20(28)9-19-3-2-17(10-25-19)21-12-22-6-7-24-21/h2-8,10-13H,9,14H2,1H3. The molecule has 0 bridgehead atoms. The molecule has 0 aliphatic carbocycles. The molecule has 0 amide bonds. The average molecular weight is 370 g/mol. The zero-order chi connectivity index (χ0) is 19.3. The molecule has 0 spiro atoms. The van der Waals surface area contributed by atoms with E-state index in [2.05, 4.69) is 25.0 Å². The molecule has 0 atom stereocenters. The van der Waals surface area contributed by atoms with Crippen molar-refractivity contribution >= 4 is 5.78 Å². The summed E-state index contributed by atoms with van der Waals surface area (Å²) >= 11 is 0. The molecule has 0 fully saturated rings. The number of hydrogen-bond acceptors (Lipinski definition) is 6. The number of carbonyl (C=O) groups is 1. The number of aryl methyl sites for hydroxylation is 1. The third-order valence-corrected chi connectivity index (χ3v) is 4.26. The molecule has 0 aromatic carbocycles. The van der Waals surface area contributed by atoms with E-state index in [4.69, 9.17) is 0 Å². The van der Waals surface area contributed by atoms with Crippen LogP contribution in [0.15, 0.2) is 67.6 Å². The van der Waals surface area contributed by atoms with Crippen LogP contribution in [-0.4, -0.2) is 35.5 Å². The number of hydrogen-bond donors (Lipinski definition) is 0. The van der Waals surface area contributed by atoms with E-state index >= 15 is 0 Å². The van der Waals surface area contributed by atoms with Crippen LogP contribution in [0.2, 0.25) is 0 Å². The minimum atomic E-state index is 0.0420. The first-order valence-electron chi connectivity index (χ1n) is 8.86. The van der Waals surface area contributed by atoms with Crippen LogP contribution in [-0.2, 0) is 17.8 Å². The summed E-state index contributed by atoms with van der Waals surface area (Å²) in [5, 5.41) is 4.30. The Kier molecular flexibility index (Phi) is 4.97. The van der Waals surface area contributed by atoms with Crippen molar-refractivity contribution in [2.45, 2.75) is 19.9 Å². The Morgan fingerprint density at radius 3 is 2.61 bits per heavy atom. The van der Waals surface area contributed by atoms with Crippen molar-refractivity contribution in [2.75, 3.05) is 0 Å². The first kappa shape index (κ1) is 17.7. The highest BCUT2D eigenvalue weighted by Crippen LogP contribution is 2.18. The molecule has 4 rings (SSSR count). The maximum Gasteiger partial charge on any atom is 0.160 e. The molecule has 28 heavy (non-hydrogen) atoms. The topological polar surface area (TPSA) is 86.5 Å². The smallest absolute Gasteiger partial charge is 0.160 e. The van der Waals surface area contributed by atoms with Gasteiger partial charge < -0.3 is 0 Å². The zero-order valence-corrected chi connectivity index (χ0v) is 15.4. The maximum absolute atomic E-state index is 12.4. The van der Waals surface area contributed by atoms with Gasteiger partial charge in [0.2, 0.25) is 0 Å². The SMILES string of the molecule is Cc1cc(-c2cnn(CC(=O)Cc3ccc(-c4cnccn4)cn3)c2)ccn1. The van der Waals surface area contributed by atoms with Crippen molar-refractivity contribution in [1.29, 1.82) is 0 Å². The minimum Gasteiger partial charge on any atom is -0.297 e. The molecule has 0 N–H and O–H groups in total. The number of aromatic nitrogens is 6. The van der Waals surface area contributed by atoms with Crippen molar-refractivity contribution in [3.05, 3.63) is 79.0 Å². The highest BCUT2D eigenvalue weighted by Gasteiger charge is 2.09. The molecule has 138 valence electrons. The molecule has 0 saturated heterocycles. The third kappa shape index (κ3) is 4.15. The summed E-state index contributed by atoms with van der Waals surface area (Å²) in [6.07, 6.45) is 12.3. The van der Waals surface area contributed by atoms with Gasteiger partial charge in [0.1, 0.15) is 0 Å². The van der Waals surface area contributed by atoms with E-state index < -0.39 is 0 Å². The van der Waals surface area contributed by atoms with Crippen molar-refractivity contribution in [3.8, 4) is 22.4 Å². The third-order valence-electron chi connectivity index (χ3n) is 4.26. The van der Waals surface area contributed by atoms with Crippen LogP contribution in [0.3, 0.4) is 0 Å². The van der Waals surface area contributed by atoms with Gasteiger partial charge in [-0.3, -0.25) is 29.4 Å². The van der Waals surface area contributed by atoms with Crippen LogP contribution in [0, 0.1) is 6.92 Å². The van der Waals surface area contributed by atoms with Gasteiger partial charge in [0.25, 0.3) is 0 Å². The second-order valence-corrected chi connectivity index (χ2v) is 6.46. The number of nitrogens with zero attached hydrogens (tertiary/aromatic N) is 6. The van der Waals surface area contributed by atoms with Gasteiger partial charge in [-0.25, -0.2) is 0 Å². The predicted octanol–water partition coefficient (Wildman–Crippen LogP) is 2.92. The Morgan fingerprint density at radius 2 is 1.86 bits per heavy atom. The molecule has 0 unspecified atom stereocenters. The summed E-state index contributed by atoms with van der Waals surface area (Å²) in [5.74, 6) is 0.0420. The van der Waals surface area contributed by atoms with E-state index in [1.54, 1.807) is 41.9 Å². The van der Waals surface area contributed by atoms with Gasteiger partial charge in [-0.2, -0.15) is 5.10 Å². The summed E-state index contributed by atoms with van der Waals surface area (Å²) in [6, 6.07) is 7.66.